The van der Waals surface area contributed by atoms with Crippen LogP contribution in [0.25, 0.3) is 0 Å². The molecule has 1 aliphatic rings. The van der Waals surface area contributed by atoms with Crippen LogP contribution >= 0.6 is 15.9 Å². The molecule has 3 rings (SSSR count). The number of amides is 1. The first kappa shape index (κ1) is 19.4. The van der Waals surface area contributed by atoms with Crippen molar-refractivity contribution in [2.24, 2.45) is 0 Å². The highest BCUT2D eigenvalue weighted by Gasteiger charge is 2.14. The molecule has 0 bridgehead atoms. The quantitative estimate of drug-likeness (QED) is 0.687. The number of rotatable bonds is 8. The number of hydrogen-bond donors (Lipinski definition) is 1. The number of aryl methyl sites for hydroxylation is 1. The highest BCUT2D eigenvalue weighted by Crippen LogP contribution is 2.34. The second-order valence-corrected chi connectivity index (χ2v) is 6.94. The molecule has 0 spiro atoms. The van der Waals surface area contributed by atoms with Crippen molar-refractivity contribution >= 4 is 21.8 Å². The number of ether oxygens (including phenoxy) is 4. The molecule has 1 heterocycles. The zero-order chi connectivity index (χ0) is 19.2. The second-order valence-electron chi connectivity index (χ2n) is 6.09. The first-order chi connectivity index (χ1) is 13.1. The number of benzene rings is 2. The van der Waals surface area contributed by atoms with Crippen LogP contribution in [0.1, 0.15) is 17.5 Å². The van der Waals surface area contributed by atoms with Gasteiger partial charge < -0.3 is 24.3 Å². The van der Waals surface area contributed by atoms with Crippen molar-refractivity contribution in [3.8, 4) is 23.0 Å². The van der Waals surface area contributed by atoms with Crippen LogP contribution in [0.2, 0.25) is 0 Å². The number of hydrogen-bond acceptors (Lipinski definition) is 5. The molecule has 1 N–H and O–H groups in total. The molecule has 0 unspecified atom stereocenters. The number of carbonyl (C=O) groups excluding carboxylic acids is 1. The molecule has 2 aromatic rings. The summed E-state index contributed by atoms with van der Waals surface area (Å²) in [6.45, 7) is 0.805. The lowest BCUT2D eigenvalue weighted by Crippen LogP contribution is -2.26. The molecule has 0 aromatic heterocycles. The van der Waals surface area contributed by atoms with E-state index in [1.165, 1.54) is 0 Å². The fourth-order valence-electron chi connectivity index (χ4n) is 2.87. The average Bonchev–Trinajstić information content (AvgIpc) is 3.15. The molecule has 0 saturated heterocycles. The summed E-state index contributed by atoms with van der Waals surface area (Å²) < 4.78 is 22.2. The lowest BCUT2D eigenvalue weighted by atomic mass is 10.1. The third-order valence-electron chi connectivity index (χ3n) is 4.35. The molecule has 0 fully saturated rings. The van der Waals surface area contributed by atoms with E-state index in [0.717, 1.165) is 27.1 Å². The minimum absolute atomic E-state index is 0.0178. The van der Waals surface area contributed by atoms with Gasteiger partial charge in [-0.3, -0.25) is 4.79 Å². The van der Waals surface area contributed by atoms with Crippen LogP contribution in [0.3, 0.4) is 0 Å². The van der Waals surface area contributed by atoms with Gasteiger partial charge in [0.15, 0.2) is 23.0 Å². The first-order valence-electron chi connectivity index (χ1n) is 8.66. The average molecular weight is 436 g/mol. The fourth-order valence-corrected chi connectivity index (χ4v) is 3.39. The molecule has 1 amide bonds. The Labute approximate surface area is 166 Å². The highest BCUT2D eigenvalue weighted by molar-refractivity contribution is 9.10. The van der Waals surface area contributed by atoms with E-state index in [0.29, 0.717) is 37.3 Å². The topological polar surface area (TPSA) is 66.0 Å². The summed E-state index contributed by atoms with van der Waals surface area (Å²) in [4.78, 5) is 12.1. The summed E-state index contributed by atoms with van der Waals surface area (Å²) in [5.41, 5.74) is 2.10. The van der Waals surface area contributed by atoms with Crippen molar-refractivity contribution in [1.29, 1.82) is 0 Å². The van der Waals surface area contributed by atoms with E-state index in [1.54, 1.807) is 14.2 Å². The van der Waals surface area contributed by atoms with Crippen LogP contribution in [0.5, 0.6) is 23.0 Å². The first-order valence-corrected chi connectivity index (χ1v) is 9.45. The number of nitrogens with one attached hydrogen (secondary N) is 1. The van der Waals surface area contributed by atoms with Crippen molar-refractivity contribution in [2.75, 3.05) is 27.6 Å². The van der Waals surface area contributed by atoms with Crippen molar-refractivity contribution in [2.45, 2.75) is 19.3 Å². The lowest BCUT2D eigenvalue weighted by Gasteiger charge is -2.12. The monoisotopic (exact) mass is 435 g/mol. The molecule has 0 aliphatic carbocycles. The third kappa shape index (κ3) is 4.86. The molecule has 6 nitrogen and oxygen atoms in total. The minimum Gasteiger partial charge on any atom is -0.493 e. The summed E-state index contributed by atoms with van der Waals surface area (Å²) in [5, 5.41) is 2.96. The summed E-state index contributed by atoms with van der Waals surface area (Å²) in [7, 11) is 3.21. The van der Waals surface area contributed by atoms with E-state index >= 15 is 0 Å². The molecule has 1 aliphatic heterocycles. The van der Waals surface area contributed by atoms with E-state index in [-0.39, 0.29) is 12.7 Å². The largest absolute Gasteiger partial charge is 0.493 e. The van der Waals surface area contributed by atoms with E-state index in [4.69, 9.17) is 18.9 Å². The Balaban J connectivity index is 1.47. The molecular weight excluding hydrogens is 414 g/mol. The molecule has 144 valence electrons. The molecular formula is C20H22BrNO5. The zero-order valence-corrected chi connectivity index (χ0v) is 16.9. The highest BCUT2D eigenvalue weighted by atomic mass is 79.9. The summed E-state index contributed by atoms with van der Waals surface area (Å²) in [5.74, 6) is 2.85. The van der Waals surface area contributed by atoms with Gasteiger partial charge in [0.2, 0.25) is 12.7 Å². The van der Waals surface area contributed by atoms with Crippen molar-refractivity contribution in [1.82, 2.24) is 5.32 Å². The van der Waals surface area contributed by atoms with E-state index in [2.05, 4.69) is 21.2 Å². The van der Waals surface area contributed by atoms with E-state index in [1.807, 2.05) is 30.3 Å². The predicted octanol–water partition coefficient (Wildman–Crippen LogP) is 3.49. The van der Waals surface area contributed by atoms with Crippen LogP contribution < -0.4 is 24.3 Å². The van der Waals surface area contributed by atoms with E-state index < -0.39 is 0 Å². The maximum absolute atomic E-state index is 12.1. The third-order valence-corrected chi connectivity index (χ3v) is 5.09. The van der Waals surface area contributed by atoms with Gasteiger partial charge >= 0.3 is 0 Å². The van der Waals surface area contributed by atoms with Crippen LogP contribution in [-0.2, 0) is 17.6 Å². The standard InChI is InChI=1S/C20H22BrNO5/c1-24-17-10-14(15(21)11-18(17)25-2)7-8-22-20(23)6-4-13-3-5-16-19(9-13)27-12-26-16/h3,5,9-11H,4,6-8,12H2,1-2H3,(H,22,23). The number of methoxy groups -OCH3 is 2. The zero-order valence-electron chi connectivity index (χ0n) is 15.3. The lowest BCUT2D eigenvalue weighted by molar-refractivity contribution is -0.121. The van der Waals surface area contributed by atoms with Gasteiger partial charge in [0.25, 0.3) is 0 Å². The molecule has 2 aromatic carbocycles. The second kappa shape index (κ2) is 8.99. The van der Waals surface area contributed by atoms with Gasteiger partial charge in [-0.25, -0.2) is 0 Å². The molecule has 7 heteroatoms. The van der Waals surface area contributed by atoms with E-state index in [9.17, 15) is 4.79 Å². The van der Waals surface area contributed by atoms with Crippen molar-refractivity contribution in [3.05, 3.63) is 45.9 Å². The fraction of sp³-hybridized carbons (Fsp3) is 0.350. The SMILES string of the molecule is COc1cc(Br)c(CCNC(=O)CCc2ccc3c(c2)OCO3)cc1OC. The Kier molecular flexibility index (Phi) is 6.45. The number of halogens is 1. The van der Waals surface area contributed by atoms with Gasteiger partial charge in [-0.2, -0.15) is 0 Å². The van der Waals surface area contributed by atoms with Gasteiger partial charge in [-0.1, -0.05) is 22.0 Å². The van der Waals surface area contributed by atoms with Gasteiger partial charge in [0.05, 0.1) is 14.2 Å². The van der Waals surface area contributed by atoms with Crippen molar-refractivity contribution in [3.63, 3.8) is 0 Å². The smallest absolute Gasteiger partial charge is 0.231 e. The predicted molar refractivity (Wildman–Crippen MR) is 105 cm³/mol. The van der Waals surface area contributed by atoms with Crippen LogP contribution in [0, 0.1) is 0 Å². The van der Waals surface area contributed by atoms with Crippen LogP contribution in [0.4, 0.5) is 0 Å². The van der Waals surface area contributed by atoms with Gasteiger partial charge in [-0.15, -0.1) is 0 Å². The van der Waals surface area contributed by atoms with Gasteiger partial charge in [-0.05, 0) is 48.2 Å². The molecule has 0 saturated carbocycles. The normalized spacial score (nSPS) is 12.0. The minimum atomic E-state index is 0.0178. The van der Waals surface area contributed by atoms with Crippen LogP contribution in [0.15, 0.2) is 34.8 Å². The maximum atomic E-state index is 12.1. The Morgan fingerprint density at radius 1 is 1.07 bits per heavy atom. The van der Waals surface area contributed by atoms with Crippen molar-refractivity contribution < 1.29 is 23.7 Å². The summed E-state index contributed by atoms with van der Waals surface area (Å²) >= 11 is 3.53. The summed E-state index contributed by atoms with van der Waals surface area (Å²) in [6, 6.07) is 9.55. The Morgan fingerprint density at radius 3 is 2.59 bits per heavy atom. The van der Waals surface area contributed by atoms with Crippen LogP contribution in [-0.4, -0.2) is 33.5 Å². The molecule has 27 heavy (non-hydrogen) atoms. The summed E-state index contributed by atoms with van der Waals surface area (Å²) in [6.07, 6.45) is 1.77. The maximum Gasteiger partial charge on any atom is 0.231 e. The molecule has 0 atom stereocenters. The molecule has 0 radical (unpaired) electrons. The Hall–Kier alpha value is -2.41. The number of fused-ring (bicyclic) bond motifs is 1. The Bertz CT molecular complexity index is 824. The van der Waals surface area contributed by atoms with Gasteiger partial charge in [0.1, 0.15) is 0 Å². The Morgan fingerprint density at radius 2 is 1.81 bits per heavy atom. The number of carbonyl (C=O) groups is 1. The van der Waals surface area contributed by atoms with Gasteiger partial charge in [0, 0.05) is 17.4 Å².